The van der Waals surface area contributed by atoms with Gasteiger partial charge in [-0.1, -0.05) is 19.4 Å². The van der Waals surface area contributed by atoms with Crippen molar-refractivity contribution in [2.45, 2.75) is 19.4 Å². The summed E-state index contributed by atoms with van der Waals surface area (Å²) < 4.78 is 2.18. The number of nitriles is 1. The molecular formula is C13H13N2. The fourth-order valence-electron chi connectivity index (χ4n) is 1.73. The van der Waals surface area contributed by atoms with Crippen LogP contribution in [0, 0.1) is 18.3 Å². The predicted molar refractivity (Wildman–Crippen MR) is 61.2 cm³/mol. The number of rotatable bonds is 3. The van der Waals surface area contributed by atoms with Crippen LogP contribution in [0.25, 0.3) is 10.9 Å². The van der Waals surface area contributed by atoms with E-state index < -0.39 is 0 Å². The standard InChI is InChI=1S/C13H13N2/c1-2-3-7-15-8-6-12-5-4-11(10-14)9-13(12)15/h4-6,8-9H,1-3,7H2. The molecule has 1 aromatic carbocycles. The first-order valence-corrected chi connectivity index (χ1v) is 5.13. The Labute approximate surface area is 89.7 Å². The Bertz CT molecular complexity index is 503. The second-order valence-corrected chi connectivity index (χ2v) is 3.60. The van der Waals surface area contributed by atoms with Gasteiger partial charge in [-0.25, -0.2) is 0 Å². The summed E-state index contributed by atoms with van der Waals surface area (Å²) in [6.45, 7) is 4.81. The topological polar surface area (TPSA) is 28.7 Å². The van der Waals surface area contributed by atoms with E-state index in [1.54, 1.807) is 0 Å². The lowest BCUT2D eigenvalue weighted by Crippen LogP contribution is -1.95. The van der Waals surface area contributed by atoms with Gasteiger partial charge < -0.3 is 4.57 Å². The highest BCUT2D eigenvalue weighted by Crippen LogP contribution is 2.17. The Hall–Kier alpha value is -1.75. The number of benzene rings is 1. The highest BCUT2D eigenvalue weighted by molar-refractivity contribution is 5.81. The molecule has 0 aliphatic rings. The van der Waals surface area contributed by atoms with E-state index in [9.17, 15) is 0 Å². The monoisotopic (exact) mass is 197 g/mol. The molecule has 0 aliphatic carbocycles. The zero-order valence-corrected chi connectivity index (χ0v) is 8.61. The third-order valence-corrected chi connectivity index (χ3v) is 2.55. The van der Waals surface area contributed by atoms with Crippen molar-refractivity contribution in [1.82, 2.24) is 4.57 Å². The number of aromatic nitrogens is 1. The third kappa shape index (κ3) is 1.87. The predicted octanol–water partition coefficient (Wildman–Crippen LogP) is 3.13. The molecule has 0 N–H and O–H groups in total. The molecule has 1 aromatic heterocycles. The minimum atomic E-state index is 0.720. The van der Waals surface area contributed by atoms with Gasteiger partial charge in [0, 0.05) is 18.3 Å². The number of nitrogens with zero attached hydrogens (tertiary/aromatic N) is 2. The Morgan fingerprint density at radius 2 is 2.20 bits per heavy atom. The van der Waals surface area contributed by atoms with Gasteiger partial charge in [-0.05, 0) is 30.0 Å². The fourth-order valence-corrected chi connectivity index (χ4v) is 1.73. The van der Waals surface area contributed by atoms with Crippen molar-refractivity contribution in [3.63, 3.8) is 0 Å². The Balaban J connectivity index is 2.43. The Morgan fingerprint density at radius 3 is 2.93 bits per heavy atom. The van der Waals surface area contributed by atoms with E-state index in [0.717, 1.165) is 30.5 Å². The molecule has 0 bridgehead atoms. The Kier molecular flexibility index (Phi) is 2.73. The second-order valence-electron chi connectivity index (χ2n) is 3.60. The van der Waals surface area contributed by atoms with Crippen LogP contribution >= 0.6 is 0 Å². The average Bonchev–Trinajstić information content (AvgIpc) is 2.68. The molecule has 15 heavy (non-hydrogen) atoms. The zero-order valence-electron chi connectivity index (χ0n) is 8.61. The lowest BCUT2D eigenvalue weighted by atomic mass is 10.2. The van der Waals surface area contributed by atoms with Crippen LogP contribution in [-0.4, -0.2) is 4.57 Å². The van der Waals surface area contributed by atoms with Crippen molar-refractivity contribution >= 4 is 10.9 Å². The summed E-state index contributed by atoms with van der Waals surface area (Å²) in [5.41, 5.74) is 1.86. The normalized spacial score (nSPS) is 10.4. The second kappa shape index (κ2) is 4.18. The van der Waals surface area contributed by atoms with Gasteiger partial charge in [0.2, 0.25) is 0 Å². The van der Waals surface area contributed by atoms with Gasteiger partial charge in [-0.3, -0.25) is 0 Å². The molecule has 0 atom stereocenters. The van der Waals surface area contributed by atoms with Crippen LogP contribution < -0.4 is 0 Å². The van der Waals surface area contributed by atoms with Gasteiger partial charge >= 0.3 is 0 Å². The smallest absolute Gasteiger partial charge is 0.0992 e. The van der Waals surface area contributed by atoms with Crippen molar-refractivity contribution in [1.29, 1.82) is 5.26 Å². The average molecular weight is 197 g/mol. The molecule has 75 valence electrons. The van der Waals surface area contributed by atoms with Crippen LogP contribution in [0.5, 0.6) is 0 Å². The van der Waals surface area contributed by atoms with Crippen LogP contribution in [-0.2, 0) is 6.54 Å². The van der Waals surface area contributed by atoms with E-state index in [2.05, 4.69) is 29.8 Å². The van der Waals surface area contributed by atoms with Crippen molar-refractivity contribution < 1.29 is 0 Å². The molecule has 0 fully saturated rings. The number of hydrogen-bond acceptors (Lipinski definition) is 1. The summed E-state index contributed by atoms with van der Waals surface area (Å²) in [5.74, 6) is 0. The molecule has 2 aromatic rings. The van der Waals surface area contributed by atoms with Crippen molar-refractivity contribution in [3.8, 4) is 6.07 Å². The number of unbranched alkanes of at least 4 members (excludes halogenated alkanes) is 1. The summed E-state index contributed by atoms with van der Waals surface area (Å²) in [6, 6.07) is 10.0. The molecule has 0 unspecified atom stereocenters. The lowest BCUT2D eigenvalue weighted by molar-refractivity contribution is 0.669. The molecule has 2 nitrogen and oxygen atoms in total. The molecule has 0 spiro atoms. The van der Waals surface area contributed by atoms with E-state index in [1.807, 2.05) is 18.2 Å². The van der Waals surface area contributed by atoms with Gasteiger partial charge in [0.15, 0.2) is 0 Å². The summed E-state index contributed by atoms with van der Waals surface area (Å²) in [4.78, 5) is 0. The molecule has 1 radical (unpaired) electrons. The number of fused-ring (bicyclic) bond motifs is 1. The van der Waals surface area contributed by atoms with Gasteiger partial charge in [0.25, 0.3) is 0 Å². The van der Waals surface area contributed by atoms with Crippen molar-refractivity contribution in [2.24, 2.45) is 0 Å². The van der Waals surface area contributed by atoms with E-state index in [1.165, 1.54) is 5.39 Å². The molecule has 0 aliphatic heterocycles. The molecule has 2 heteroatoms. The molecule has 1 heterocycles. The lowest BCUT2D eigenvalue weighted by Gasteiger charge is -2.03. The number of hydrogen-bond donors (Lipinski definition) is 0. The molecule has 0 amide bonds. The largest absolute Gasteiger partial charge is 0.347 e. The van der Waals surface area contributed by atoms with E-state index in [-0.39, 0.29) is 0 Å². The van der Waals surface area contributed by atoms with Gasteiger partial charge in [0.1, 0.15) is 0 Å². The minimum absolute atomic E-state index is 0.720. The Morgan fingerprint density at radius 1 is 1.33 bits per heavy atom. The fraction of sp³-hybridized carbons (Fsp3) is 0.231. The van der Waals surface area contributed by atoms with Crippen LogP contribution in [0.15, 0.2) is 30.5 Å². The van der Waals surface area contributed by atoms with E-state index in [0.29, 0.717) is 0 Å². The first-order chi connectivity index (χ1) is 7.35. The molecule has 0 saturated carbocycles. The number of aryl methyl sites for hydroxylation is 1. The quantitative estimate of drug-likeness (QED) is 0.743. The van der Waals surface area contributed by atoms with Crippen LogP contribution in [0.1, 0.15) is 18.4 Å². The zero-order chi connectivity index (χ0) is 10.7. The minimum Gasteiger partial charge on any atom is -0.347 e. The molecular weight excluding hydrogens is 184 g/mol. The van der Waals surface area contributed by atoms with Gasteiger partial charge in [0.05, 0.1) is 11.6 Å². The van der Waals surface area contributed by atoms with Crippen LogP contribution in [0.4, 0.5) is 0 Å². The van der Waals surface area contributed by atoms with E-state index >= 15 is 0 Å². The van der Waals surface area contributed by atoms with Crippen LogP contribution in [0.3, 0.4) is 0 Å². The van der Waals surface area contributed by atoms with E-state index in [4.69, 9.17) is 5.26 Å². The van der Waals surface area contributed by atoms with Crippen LogP contribution in [0.2, 0.25) is 0 Å². The maximum atomic E-state index is 8.83. The summed E-state index contributed by atoms with van der Waals surface area (Å²) in [7, 11) is 0. The maximum absolute atomic E-state index is 8.83. The van der Waals surface area contributed by atoms with Gasteiger partial charge in [-0.2, -0.15) is 5.26 Å². The first-order valence-electron chi connectivity index (χ1n) is 5.13. The third-order valence-electron chi connectivity index (χ3n) is 2.55. The summed E-state index contributed by atoms with van der Waals surface area (Å²) >= 11 is 0. The molecule has 0 saturated heterocycles. The highest BCUT2D eigenvalue weighted by atomic mass is 14.9. The van der Waals surface area contributed by atoms with Crippen molar-refractivity contribution in [3.05, 3.63) is 42.9 Å². The van der Waals surface area contributed by atoms with Crippen molar-refractivity contribution in [2.75, 3.05) is 0 Å². The van der Waals surface area contributed by atoms with Gasteiger partial charge in [-0.15, -0.1) is 0 Å². The first kappa shape index (κ1) is 9.79. The summed E-state index contributed by atoms with van der Waals surface area (Å²) in [6.07, 6.45) is 4.08. The molecule has 2 rings (SSSR count). The summed E-state index contributed by atoms with van der Waals surface area (Å²) in [5, 5.41) is 10.0. The maximum Gasteiger partial charge on any atom is 0.0992 e. The highest BCUT2D eigenvalue weighted by Gasteiger charge is 2.01. The SMILES string of the molecule is [CH2]CCCn1ccc2ccc(C#N)cc21.